The van der Waals surface area contributed by atoms with Crippen molar-refractivity contribution in [1.82, 2.24) is 0 Å². The minimum Gasteiger partial charge on any atom is -0.465 e. The van der Waals surface area contributed by atoms with Crippen LogP contribution < -0.4 is 5.32 Å². The summed E-state index contributed by atoms with van der Waals surface area (Å²) in [6, 6.07) is 3.42. The molecule has 6 nitrogen and oxygen atoms in total. The van der Waals surface area contributed by atoms with Crippen molar-refractivity contribution in [1.29, 1.82) is 0 Å². The second-order valence-corrected chi connectivity index (χ2v) is 6.14. The molecule has 0 bridgehead atoms. The third kappa shape index (κ3) is 3.02. The van der Waals surface area contributed by atoms with Crippen molar-refractivity contribution < 1.29 is 23.9 Å². The highest BCUT2D eigenvalue weighted by atomic mass is 32.1. The van der Waals surface area contributed by atoms with Crippen molar-refractivity contribution in [2.24, 2.45) is 0 Å². The molecular formula is C14H13NO5S2. The highest BCUT2D eigenvalue weighted by Gasteiger charge is 2.27. The number of rotatable bonds is 4. The molecule has 116 valence electrons. The summed E-state index contributed by atoms with van der Waals surface area (Å²) >= 11 is 2.26. The predicted molar refractivity (Wildman–Crippen MR) is 84.0 cm³/mol. The van der Waals surface area contributed by atoms with E-state index in [9.17, 15) is 14.4 Å². The average molecular weight is 339 g/mol. The topological polar surface area (TPSA) is 81.7 Å². The first-order valence-electron chi connectivity index (χ1n) is 6.14. The fourth-order valence-electron chi connectivity index (χ4n) is 1.81. The summed E-state index contributed by atoms with van der Waals surface area (Å²) in [5, 5.41) is 4.69. The smallest absolute Gasteiger partial charge is 0.348 e. The van der Waals surface area contributed by atoms with Crippen LogP contribution in [0, 0.1) is 6.92 Å². The predicted octanol–water partition coefficient (Wildman–Crippen LogP) is 2.94. The minimum absolute atomic E-state index is 0.165. The van der Waals surface area contributed by atoms with Crippen LogP contribution in [0.4, 0.5) is 5.00 Å². The Balaban J connectivity index is 2.43. The summed E-state index contributed by atoms with van der Waals surface area (Å²) in [5.74, 6) is -1.53. The maximum atomic E-state index is 12.1. The van der Waals surface area contributed by atoms with Gasteiger partial charge in [0, 0.05) is 0 Å². The average Bonchev–Trinajstić information content (AvgIpc) is 3.14. The number of nitrogens with one attached hydrogen (secondary N) is 1. The number of hydrogen-bond acceptors (Lipinski definition) is 7. The van der Waals surface area contributed by atoms with Gasteiger partial charge in [0.2, 0.25) is 0 Å². The van der Waals surface area contributed by atoms with Gasteiger partial charge in [0.15, 0.2) is 0 Å². The number of anilines is 1. The molecule has 2 aromatic heterocycles. The van der Waals surface area contributed by atoms with Crippen molar-refractivity contribution in [3.05, 3.63) is 38.4 Å². The van der Waals surface area contributed by atoms with Gasteiger partial charge in [0.25, 0.3) is 5.91 Å². The molecule has 0 fully saturated rings. The van der Waals surface area contributed by atoms with Crippen LogP contribution in [-0.4, -0.2) is 32.1 Å². The van der Waals surface area contributed by atoms with Crippen molar-refractivity contribution in [2.45, 2.75) is 6.92 Å². The normalized spacial score (nSPS) is 10.1. The number of carbonyl (C=O) groups is 3. The molecule has 0 atom stereocenters. The van der Waals surface area contributed by atoms with E-state index in [2.05, 4.69) is 10.1 Å². The zero-order valence-electron chi connectivity index (χ0n) is 12.1. The molecule has 0 aliphatic heterocycles. The minimum atomic E-state index is -0.620. The van der Waals surface area contributed by atoms with Gasteiger partial charge in [-0.3, -0.25) is 4.79 Å². The summed E-state index contributed by atoms with van der Waals surface area (Å²) in [4.78, 5) is 36.6. The lowest BCUT2D eigenvalue weighted by Crippen LogP contribution is -2.13. The molecule has 0 aliphatic rings. The lowest BCUT2D eigenvalue weighted by molar-refractivity contribution is 0.0601. The molecule has 0 radical (unpaired) electrons. The third-order valence-electron chi connectivity index (χ3n) is 2.88. The molecule has 2 rings (SSSR count). The Labute approximate surface area is 134 Å². The van der Waals surface area contributed by atoms with Gasteiger partial charge >= 0.3 is 11.9 Å². The first kappa shape index (κ1) is 16.2. The van der Waals surface area contributed by atoms with Gasteiger partial charge in [-0.2, -0.15) is 0 Å². The highest BCUT2D eigenvalue weighted by molar-refractivity contribution is 7.19. The molecule has 1 amide bonds. The van der Waals surface area contributed by atoms with Gasteiger partial charge in [0.1, 0.15) is 9.88 Å². The van der Waals surface area contributed by atoms with Gasteiger partial charge in [-0.15, -0.1) is 22.7 Å². The molecule has 0 aromatic carbocycles. The quantitative estimate of drug-likeness (QED) is 0.866. The number of methoxy groups -OCH3 is 2. The molecule has 1 N–H and O–H groups in total. The molecule has 2 aromatic rings. The summed E-state index contributed by atoms with van der Waals surface area (Å²) in [6.07, 6.45) is 0. The number of carbonyl (C=O) groups excluding carboxylic acids is 3. The Bertz CT molecular complexity index is 718. The van der Waals surface area contributed by atoms with Crippen LogP contribution in [-0.2, 0) is 9.47 Å². The number of amides is 1. The van der Waals surface area contributed by atoms with E-state index in [0.29, 0.717) is 10.4 Å². The first-order valence-corrected chi connectivity index (χ1v) is 7.84. The maximum Gasteiger partial charge on any atom is 0.348 e. The second-order valence-electron chi connectivity index (χ2n) is 4.17. The van der Waals surface area contributed by atoms with Crippen molar-refractivity contribution in [3.8, 4) is 0 Å². The molecular weight excluding hydrogens is 326 g/mol. The number of ether oxygens (including phenoxy) is 2. The Morgan fingerprint density at radius 3 is 2.36 bits per heavy atom. The van der Waals surface area contributed by atoms with Crippen molar-refractivity contribution in [3.63, 3.8) is 0 Å². The van der Waals surface area contributed by atoms with Crippen LogP contribution in [0.15, 0.2) is 17.5 Å². The summed E-state index contributed by atoms with van der Waals surface area (Å²) in [5.41, 5.74) is 0.586. The number of hydrogen-bond donors (Lipinski definition) is 1. The van der Waals surface area contributed by atoms with E-state index in [1.165, 1.54) is 25.6 Å². The van der Waals surface area contributed by atoms with E-state index in [0.717, 1.165) is 11.3 Å². The Kier molecular flexibility index (Phi) is 4.94. The van der Waals surface area contributed by atoms with E-state index in [4.69, 9.17) is 4.74 Å². The standard InChI is InChI=1S/C14H13NO5S2/c1-7-9(13(17)19-2)12(22-10(7)14(18)20-3)15-11(16)8-5-4-6-21-8/h4-6H,1-3H3,(H,15,16). The second kappa shape index (κ2) is 6.71. The van der Waals surface area contributed by atoms with E-state index < -0.39 is 11.9 Å². The molecule has 0 spiro atoms. The number of thiophene rings is 2. The highest BCUT2D eigenvalue weighted by Crippen LogP contribution is 2.34. The Morgan fingerprint density at radius 2 is 1.82 bits per heavy atom. The Hall–Kier alpha value is -2.19. The maximum absolute atomic E-state index is 12.1. The SMILES string of the molecule is COC(=O)c1sc(NC(=O)c2cccs2)c(C(=O)OC)c1C. The van der Waals surface area contributed by atoms with Gasteiger partial charge in [-0.05, 0) is 23.9 Å². The van der Waals surface area contributed by atoms with Crippen LogP contribution in [0.5, 0.6) is 0 Å². The Morgan fingerprint density at radius 1 is 1.14 bits per heavy atom. The largest absolute Gasteiger partial charge is 0.465 e. The molecule has 0 aliphatic carbocycles. The summed E-state index contributed by atoms with van der Waals surface area (Å²) < 4.78 is 9.41. The fraction of sp³-hybridized carbons (Fsp3) is 0.214. The summed E-state index contributed by atoms with van der Waals surface area (Å²) in [7, 11) is 2.49. The van der Waals surface area contributed by atoms with Crippen LogP contribution in [0.3, 0.4) is 0 Å². The van der Waals surface area contributed by atoms with Crippen LogP contribution in [0.25, 0.3) is 0 Å². The van der Waals surface area contributed by atoms with Gasteiger partial charge in [-0.25, -0.2) is 9.59 Å². The fourth-order valence-corrected chi connectivity index (χ4v) is 3.54. The van der Waals surface area contributed by atoms with Gasteiger partial charge in [-0.1, -0.05) is 6.07 Å². The number of esters is 2. The molecule has 8 heteroatoms. The van der Waals surface area contributed by atoms with Gasteiger partial charge < -0.3 is 14.8 Å². The third-order valence-corrected chi connectivity index (χ3v) is 4.94. The monoisotopic (exact) mass is 339 g/mol. The molecule has 0 unspecified atom stereocenters. The van der Waals surface area contributed by atoms with Crippen LogP contribution in [0.2, 0.25) is 0 Å². The van der Waals surface area contributed by atoms with Crippen molar-refractivity contribution >= 4 is 45.5 Å². The molecule has 0 saturated heterocycles. The molecule has 0 saturated carbocycles. The van der Waals surface area contributed by atoms with E-state index >= 15 is 0 Å². The van der Waals surface area contributed by atoms with Gasteiger partial charge in [0.05, 0.1) is 24.7 Å². The zero-order valence-corrected chi connectivity index (χ0v) is 13.7. The molecule has 2 heterocycles. The summed E-state index contributed by atoms with van der Waals surface area (Å²) in [6.45, 7) is 1.61. The van der Waals surface area contributed by atoms with E-state index in [-0.39, 0.29) is 21.3 Å². The first-order chi connectivity index (χ1) is 10.5. The van der Waals surface area contributed by atoms with E-state index in [1.54, 1.807) is 24.4 Å². The van der Waals surface area contributed by atoms with Crippen LogP contribution in [0.1, 0.15) is 35.3 Å². The molecule has 22 heavy (non-hydrogen) atoms. The van der Waals surface area contributed by atoms with E-state index in [1.807, 2.05) is 0 Å². The lowest BCUT2D eigenvalue weighted by atomic mass is 10.1. The zero-order chi connectivity index (χ0) is 16.3. The van der Waals surface area contributed by atoms with Crippen LogP contribution >= 0.6 is 22.7 Å². The lowest BCUT2D eigenvalue weighted by Gasteiger charge is -2.04. The van der Waals surface area contributed by atoms with Crippen molar-refractivity contribution in [2.75, 3.05) is 19.5 Å².